The molecule has 0 unspecified atom stereocenters. The molecule has 54 valence electrons. The zero-order valence-electron chi connectivity index (χ0n) is 6.15. The first-order valence-corrected chi connectivity index (χ1v) is 3.97. The molecule has 1 spiro atoms. The monoisotopic (exact) mass is 136 g/mol. The van der Waals surface area contributed by atoms with Crippen molar-refractivity contribution in [1.29, 1.82) is 0 Å². The largest absolute Gasteiger partial charge is 0.299 e. The van der Waals surface area contributed by atoms with Crippen LogP contribution in [-0.2, 0) is 4.79 Å². The van der Waals surface area contributed by atoms with Gasteiger partial charge in [-0.2, -0.15) is 0 Å². The van der Waals surface area contributed by atoms with Crippen LogP contribution >= 0.6 is 0 Å². The van der Waals surface area contributed by atoms with Gasteiger partial charge in [-0.3, -0.25) is 4.79 Å². The minimum atomic E-state index is 0.0122. The number of allylic oxidation sites excluding steroid dienone is 1. The Labute approximate surface area is 61.1 Å². The van der Waals surface area contributed by atoms with E-state index in [-0.39, 0.29) is 5.41 Å². The predicted molar refractivity (Wildman–Crippen MR) is 39.7 cm³/mol. The maximum atomic E-state index is 11.3. The molecule has 2 aliphatic carbocycles. The van der Waals surface area contributed by atoms with Crippen molar-refractivity contribution in [3.05, 3.63) is 12.2 Å². The van der Waals surface area contributed by atoms with Gasteiger partial charge in [-0.15, -0.1) is 0 Å². The highest BCUT2D eigenvalue weighted by molar-refractivity contribution is 5.91. The Morgan fingerprint density at radius 1 is 1.30 bits per heavy atom. The first kappa shape index (κ1) is 6.14. The highest BCUT2D eigenvalue weighted by Gasteiger charge is 2.52. The topological polar surface area (TPSA) is 17.1 Å². The maximum Gasteiger partial charge on any atom is 0.143 e. The van der Waals surface area contributed by atoms with Crippen LogP contribution in [0.4, 0.5) is 0 Å². The van der Waals surface area contributed by atoms with Crippen LogP contribution < -0.4 is 0 Å². The summed E-state index contributed by atoms with van der Waals surface area (Å²) in [5.74, 6) is 0.462. The lowest BCUT2D eigenvalue weighted by atomic mass is 9.81. The second-order valence-electron chi connectivity index (χ2n) is 3.46. The van der Waals surface area contributed by atoms with Crippen LogP contribution in [0.1, 0.15) is 32.1 Å². The molecule has 2 saturated carbocycles. The number of hydrogen-bond acceptors (Lipinski definition) is 1. The molecule has 0 saturated heterocycles. The van der Waals surface area contributed by atoms with Crippen molar-refractivity contribution < 1.29 is 4.79 Å². The number of ketones is 1. The molecular weight excluding hydrogens is 124 g/mol. The zero-order valence-corrected chi connectivity index (χ0v) is 6.15. The lowest BCUT2D eigenvalue weighted by molar-refractivity contribution is -0.123. The molecule has 0 aromatic heterocycles. The van der Waals surface area contributed by atoms with Gasteiger partial charge in [0.25, 0.3) is 0 Å². The van der Waals surface area contributed by atoms with Gasteiger partial charge in [0, 0.05) is 11.8 Å². The molecule has 2 fully saturated rings. The van der Waals surface area contributed by atoms with Crippen molar-refractivity contribution in [1.82, 2.24) is 0 Å². The summed E-state index contributed by atoms with van der Waals surface area (Å²) in [6.07, 6.45) is 5.11. The van der Waals surface area contributed by atoms with Crippen molar-refractivity contribution in [2.45, 2.75) is 32.1 Å². The molecule has 2 aliphatic rings. The van der Waals surface area contributed by atoms with E-state index in [0.29, 0.717) is 5.78 Å². The summed E-state index contributed by atoms with van der Waals surface area (Å²) in [4.78, 5) is 11.3. The minimum Gasteiger partial charge on any atom is -0.299 e. The molecule has 0 radical (unpaired) electrons. The number of carbonyl (C=O) groups excluding carboxylic acids is 1. The molecule has 0 heterocycles. The van der Waals surface area contributed by atoms with Crippen LogP contribution in [0.2, 0.25) is 0 Å². The molecular formula is C9H12O. The number of Topliss-reactive ketones (excluding diaryl/α,β-unsaturated/α-hetero) is 1. The smallest absolute Gasteiger partial charge is 0.143 e. The van der Waals surface area contributed by atoms with Gasteiger partial charge in [-0.25, -0.2) is 0 Å². The molecule has 0 amide bonds. The molecule has 0 bridgehead atoms. The highest BCUT2D eigenvalue weighted by Crippen LogP contribution is 2.56. The van der Waals surface area contributed by atoms with Crippen molar-refractivity contribution in [3.63, 3.8) is 0 Å². The van der Waals surface area contributed by atoms with Gasteiger partial charge in [0.2, 0.25) is 0 Å². The average molecular weight is 136 g/mol. The standard InChI is InChI=1S/C9H12O/c1-7-3-2-4-8(10)9(7)5-6-9/h1-6H2. The third-order valence-corrected chi connectivity index (χ3v) is 2.84. The number of carbonyl (C=O) groups is 1. The van der Waals surface area contributed by atoms with E-state index in [1.807, 2.05) is 0 Å². The van der Waals surface area contributed by atoms with Crippen molar-refractivity contribution >= 4 is 5.78 Å². The van der Waals surface area contributed by atoms with E-state index >= 15 is 0 Å². The van der Waals surface area contributed by atoms with E-state index in [0.717, 1.165) is 32.1 Å². The normalized spacial score (nSPS) is 29.2. The van der Waals surface area contributed by atoms with E-state index in [1.165, 1.54) is 5.57 Å². The SMILES string of the molecule is C=C1CCCC(=O)C12CC2. The quantitative estimate of drug-likeness (QED) is 0.466. The van der Waals surface area contributed by atoms with Gasteiger partial charge in [0.05, 0.1) is 0 Å². The maximum absolute atomic E-state index is 11.3. The number of hydrogen-bond donors (Lipinski definition) is 0. The Morgan fingerprint density at radius 2 is 2.00 bits per heavy atom. The minimum absolute atomic E-state index is 0.0122. The Kier molecular flexibility index (Phi) is 1.05. The van der Waals surface area contributed by atoms with E-state index < -0.39 is 0 Å². The number of rotatable bonds is 0. The third kappa shape index (κ3) is 0.606. The summed E-state index contributed by atoms with van der Waals surface area (Å²) in [6.45, 7) is 3.96. The van der Waals surface area contributed by atoms with Crippen LogP contribution in [0.5, 0.6) is 0 Å². The summed E-state index contributed by atoms with van der Waals surface area (Å²) in [5.41, 5.74) is 1.22. The van der Waals surface area contributed by atoms with Crippen molar-refractivity contribution in [2.24, 2.45) is 5.41 Å². The Balaban J connectivity index is 2.26. The van der Waals surface area contributed by atoms with Gasteiger partial charge in [-0.1, -0.05) is 12.2 Å². The fourth-order valence-electron chi connectivity index (χ4n) is 1.90. The van der Waals surface area contributed by atoms with Gasteiger partial charge in [0.15, 0.2) is 0 Å². The van der Waals surface area contributed by atoms with E-state index in [1.54, 1.807) is 0 Å². The molecule has 0 aliphatic heterocycles. The van der Waals surface area contributed by atoms with E-state index in [2.05, 4.69) is 6.58 Å². The molecule has 1 nitrogen and oxygen atoms in total. The summed E-state index contributed by atoms with van der Waals surface area (Å²) >= 11 is 0. The van der Waals surface area contributed by atoms with E-state index in [9.17, 15) is 4.79 Å². The zero-order chi connectivity index (χ0) is 7.19. The Bertz CT molecular complexity index is 181. The highest BCUT2D eigenvalue weighted by atomic mass is 16.1. The molecule has 2 rings (SSSR count). The van der Waals surface area contributed by atoms with Crippen LogP contribution in [0.25, 0.3) is 0 Å². The van der Waals surface area contributed by atoms with Gasteiger partial charge in [0.1, 0.15) is 5.78 Å². The van der Waals surface area contributed by atoms with Crippen molar-refractivity contribution in [3.8, 4) is 0 Å². The summed E-state index contributed by atoms with van der Waals surface area (Å²) < 4.78 is 0. The summed E-state index contributed by atoms with van der Waals surface area (Å²) in [7, 11) is 0. The first-order chi connectivity index (χ1) is 4.76. The second kappa shape index (κ2) is 1.71. The van der Waals surface area contributed by atoms with Gasteiger partial charge < -0.3 is 0 Å². The molecule has 0 N–H and O–H groups in total. The Morgan fingerprint density at radius 3 is 2.40 bits per heavy atom. The molecule has 0 aromatic rings. The predicted octanol–water partition coefficient (Wildman–Crippen LogP) is 2.08. The fourth-order valence-corrected chi connectivity index (χ4v) is 1.90. The lowest BCUT2D eigenvalue weighted by Gasteiger charge is -2.21. The summed E-state index contributed by atoms with van der Waals surface area (Å²) in [5, 5.41) is 0. The molecule has 0 aromatic carbocycles. The van der Waals surface area contributed by atoms with Crippen LogP contribution in [-0.4, -0.2) is 5.78 Å². The van der Waals surface area contributed by atoms with Crippen LogP contribution in [0.3, 0.4) is 0 Å². The van der Waals surface area contributed by atoms with Crippen molar-refractivity contribution in [2.75, 3.05) is 0 Å². The first-order valence-electron chi connectivity index (χ1n) is 3.97. The molecule has 0 atom stereocenters. The molecule has 1 heteroatoms. The molecule has 10 heavy (non-hydrogen) atoms. The average Bonchev–Trinajstić information content (AvgIpc) is 2.64. The van der Waals surface area contributed by atoms with E-state index in [4.69, 9.17) is 0 Å². The van der Waals surface area contributed by atoms with Crippen LogP contribution in [0, 0.1) is 5.41 Å². The third-order valence-electron chi connectivity index (χ3n) is 2.84. The Hall–Kier alpha value is -0.590. The second-order valence-corrected chi connectivity index (χ2v) is 3.46. The fraction of sp³-hybridized carbons (Fsp3) is 0.667. The van der Waals surface area contributed by atoms with Crippen LogP contribution in [0.15, 0.2) is 12.2 Å². The summed E-state index contributed by atoms with van der Waals surface area (Å²) in [6, 6.07) is 0. The van der Waals surface area contributed by atoms with Gasteiger partial charge in [-0.05, 0) is 25.7 Å². The lowest BCUT2D eigenvalue weighted by Crippen LogP contribution is -2.22. The van der Waals surface area contributed by atoms with Gasteiger partial charge >= 0.3 is 0 Å².